The lowest BCUT2D eigenvalue weighted by molar-refractivity contribution is -0.274. The molecule has 1 N–H and O–H groups in total. The average Bonchev–Trinajstić information content (AvgIpc) is 2.40. The van der Waals surface area contributed by atoms with E-state index in [1.54, 1.807) is 18.2 Å². The molecule has 0 amide bonds. The quantitative estimate of drug-likeness (QED) is 0.884. The van der Waals surface area contributed by atoms with Crippen LogP contribution in [0.5, 0.6) is 5.75 Å². The topological polar surface area (TPSA) is 21.3 Å². The zero-order valence-corrected chi connectivity index (χ0v) is 12.4. The zero-order chi connectivity index (χ0) is 15.5. The molecule has 2 nitrogen and oxygen atoms in total. The second kappa shape index (κ2) is 6.69. The van der Waals surface area contributed by atoms with Gasteiger partial charge in [0.05, 0.1) is 0 Å². The molecule has 0 spiro atoms. The summed E-state index contributed by atoms with van der Waals surface area (Å²) < 4.78 is 41.2. The Morgan fingerprint density at radius 3 is 2.52 bits per heavy atom. The molecule has 21 heavy (non-hydrogen) atoms. The van der Waals surface area contributed by atoms with E-state index in [1.165, 1.54) is 12.5 Å². The van der Waals surface area contributed by atoms with Gasteiger partial charge >= 0.3 is 6.36 Å². The summed E-state index contributed by atoms with van der Waals surface area (Å²) in [6.07, 6.45) is -1.33. The van der Waals surface area contributed by atoms with Gasteiger partial charge in [0.15, 0.2) is 0 Å². The Bertz CT molecular complexity index is 461. The van der Waals surface area contributed by atoms with E-state index in [0.717, 1.165) is 18.8 Å². The first kappa shape index (κ1) is 16.1. The number of benzene rings is 1. The maximum absolute atomic E-state index is 12.4. The number of halogens is 3. The Morgan fingerprint density at radius 2 is 1.86 bits per heavy atom. The summed E-state index contributed by atoms with van der Waals surface area (Å²) in [6, 6.07) is 6.68. The molecule has 1 fully saturated rings. The van der Waals surface area contributed by atoms with Crippen LogP contribution in [0.4, 0.5) is 13.2 Å². The molecule has 0 heterocycles. The number of alkyl halides is 3. The summed E-state index contributed by atoms with van der Waals surface area (Å²) in [5, 5.41) is 3.37. The van der Waals surface area contributed by atoms with Crippen molar-refractivity contribution in [2.24, 2.45) is 11.8 Å². The fraction of sp³-hybridized carbons (Fsp3) is 0.625. The smallest absolute Gasteiger partial charge is 0.405 e. The SMILES string of the molecule is CC1CCC(NCc2ccccc2OC(F)(F)F)CC1C. The molecule has 5 heteroatoms. The molecule has 0 radical (unpaired) electrons. The van der Waals surface area contributed by atoms with Crippen molar-refractivity contribution in [2.45, 2.75) is 52.1 Å². The molecular formula is C16H22F3NO. The minimum absolute atomic E-state index is 0.116. The second-order valence-electron chi connectivity index (χ2n) is 6.00. The monoisotopic (exact) mass is 301 g/mol. The molecule has 1 aromatic rings. The normalized spacial score (nSPS) is 26.6. The molecular weight excluding hydrogens is 279 g/mol. The van der Waals surface area contributed by atoms with Gasteiger partial charge in [0.1, 0.15) is 5.75 Å². The van der Waals surface area contributed by atoms with E-state index in [1.807, 2.05) is 0 Å². The number of nitrogens with one attached hydrogen (secondary N) is 1. The third-order valence-corrected chi connectivity index (χ3v) is 4.38. The molecule has 1 aromatic carbocycles. The highest BCUT2D eigenvalue weighted by Gasteiger charge is 2.32. The van der Waals surface area contributed by atoms with Crippen molar-refractivity contribution in [3.8, 4) is 5.75 Å². The minimum atomic E-state index is -4.65. The van der Waals surface area contributed by atoms with Gasteiger partial charge < -0.3 is 10.1 Å². The highest BCUT2D eigenvalue weighted by atomic mass is 19.4. The van der Waals surface area contributed by atoms with E-state index < -0.39 is 6.36 Å². The van der Waals surface area contributed by atoms with Crippen LogP contribution in [0.3, 0.4) is 0 Å². The van der Waals surface area contributed by atoms with Crippen LogP contribution >= 0.6 is 0 Å². The predicted molar refractivity (Wildman–Crippen MR) is 75.9 cm³/mol. The first-order valence-electron chi connectivity index (χ1n) is 7.42. The molecule has 3 atom stereocenters. The lowest BCUT2D eigenvalue weighted by atomic mass is 9.79. The van der Waals surface area contributed by atoms with Gasteiger partial charge in [-0.1, -0.05) is 32.0 Å². The maximum Gasteiger partial charge on any atom is 0.573 e. The summed E-state index contributed by atoms with van der Waals surface area (Å²) in [4.78, 5) is 0. The van der Waals surface area contributed by atoms with Gasteiger partial charge in [0.2, 0.25) is 0 Å². The maximum atomic E-state index is 12.4. The van der Waals surface area contributed by atoms with E-state index in [2.05, 4.69) is 23.9 Å². The van der Waals surface area contributed by atoms with Crippen LogP contribution in [0.2, 0.25) is 0 Å². The van der Waals surface area contributed by atoms with E-state index in [4.69, 9.17) is 0 Å². The largest absolute Gasteiger partial charge is 0.573 e. The predicted octanol–water partition coefficient (Wildman–Crippen LogP) is 4.50. The highest BCUT2D eigenvalue weighted by molar-refractivity contribution is 5.33. The lowest BCUT2D eigenvalue weighted by Gasteiger charge is -2.32. The Morgan fingerprint density at radius 1 is 1.14 bits per heavy atom. The molecule has 0 saturated heterocycles. The van der Waals surface area contributed by atoms with Gasteiger partial charge in [-0.2, -0.15) is 0 Å². The van der Waals surface area contributed by atoms with Gasteiger partial charge in [-0.05, 0) is 37.2 Å². The third kappa shape index (κ3) is 4.92. The molecule has 1 saturated carbocycles. The Hall–Kier alpha value is -1.23. The van der Waals surface area contributed by atoms with Gasteiger partial charge in [-0.25, -0.2) is 0 Å². The van der Waals surface area contributed by atoms with Crippen LogP contribution in [0.25, 0.3) is 0 Å². The molecule has 3 unspecified atom stereocenters. The molecule has 1 aliphatic carbocycles. The van der Waals surface area contributed by atoms with Gasteiger partial charge in [-0.15, -0.1) is 13.2 Å². The first-order valence-corrected chi connectivity index (χ1v) is 7.42. The standard InChI is InChI=1S/C16H22F3NO/c1-11-7-8-14(9-12(11)2)20-10-13-5-3-4-6-15(13)21-16(17,18)19/h3-6,11-12,14,20H,7-10H2,1-2H3. The number of ether oxygens (including phenoxy) is 1. The zero-order valence-electron chi connectivity index (χ0n) is 12.4. The molecule has 0 bridgehead atoms. The summed E-state index contributed by atoms with van der Waals surface area (Å²) >= 11 is 0. The second-order valence-corrected chi connectivity index (χ2v) is 6.00. The summed E-state index contributed by atoms with van der Waals surface area (Å²) in [6.45, 7) is 4.89. The van der Waals surface area contributed by atoms with Crippen LogP contribution < -0.4 is 10.1 Å². The first-order chi connectivity index (χ1) is 9.85. The van der Waals surface area contributed by atoms with Crippen molar-refractivity contribution in [3.63, 3.8) is 0 Å². The van der Waals surface area contributed by atoms with Crippen molar-refractivity contribution in [1.29, 1.82) is 0 Å². The van der Waals surface area contributed by atoms with Crippen LogP contribution in [0.1, 0.15) is 38.7 Å². The van der Waals surface area contributed by atoms with Crippen molar-refractivity contribution >= 4 is 0 Å². The van der Waals surface area contributed by atoms with Crippen LogP contribution in [-0.2, 0) is 6.54 Å². The van der Waals surface area contributed by atoms with E-state index in [0.29, 0.717) is 24.1 Å². The fourth-order valence-electron chi connectivity index (χ4n) is 2.86. The van der Waals surface area contributed by atoms with Gasteiger partial charge in [0.25, 0.3) is 0 Å². The number of rotatable bonds is 4. The van der Waals surface area contributed by atoms with E-state index >= 15 is 0 Å². The number of para-hydroxylation sites is 1. The van der Waals surface area contributed by atoms with Crippen LogP contribution in [0, 0.1) is 11.8 Å². The summed E-state index contributed by atoms with van der Waals surface area (Å²) in [5.74, 6) is 1.26. The van der Waals surface area contributed by atoms with Crippen LogP contribution in [0.15, 0.2) is 24.3 Å². The molecule has 1 aliphatic rings. The summed E-state index contributed by atoms with van der Waals surface area (Å²) in [5.41, 5.74) is 0.543. The van der Waals surface area contributed by atoms with Gasteiger partial charge in [0, 0.05) is 18.2 Å². The molecule has 2 rings (SSSR count). The molecule has 0 aliphatic heterocycles. The third-order valence-electron chi connectivity index (χ3n) is 4.38. The minimum Gasteiger partial charge on any atom is -0.405 e. The van der Waals surface area contributed by atoms with Gasteiger partial charge in [-0.3, -0.25) is 0 Å². The summed E-state index contributed by atoms with van der Waals surface area (Å²) in [7, 11) is 0. The van der Waals surface area contributed by atoms with Crippen molar-refractivity contribution in [2.75, 3.05) is 0 Å². The Labute approximate surface area is 123 Å². The van der Waals surface area contributed by atoms with Crippen molar-refractivity contribution < 1.29 is 17.9 Å². The van der Waals surface area contributed by atoms with E-state index in [-0.39, 0.29) is 5.75 Å². The van der Waals surface area contributed by atoms with Crippen molar-refractivity contribution in [1.82, 2.24) is 5.32 Å². The number of hydrogen-bond donors (Lipinski definition) is 1. The van der Waals surface area contributed by atoms with Crippen LogP contribution in [-0.4, -0.2) is 12.4 Å². The molecule has 118 valence electrons. The Kier molecular flexibility index (Phi) is 5.14. The average molecular weight is 301 g/mol. The fourth-order valence-corrected chi connectivity index (χ4v) is 2.86. The van der Waals surface area contributed by atoms with Crippen molar-refractivity contribution in [3.05, 3.63) is 29.8 Å². The highest BCUT2D eigenvalue weighted by Crippen LogP contribution is 2.30. The van der Waals surface area contributed by atoms with E-state index in [9.17, 15) is 13.2 Å². The molecule has 0 aromatic heterocycles. The lowest BCUT2D eigenvalue weighted by Crippen LogP contribution is -2.36. The Balaban J connectivity index is 1.94. The number of hydrogen-bond acceptors (Lipinski definition) is 2.